The Morgan fingerprint density at radius 3 is 2.59 bits per heavy atom. The Bertz CT molecular complexity index is 326. The first-order chi connectivity index (χ1) is 8.03. The maximum Gasteiger partial charge on any atom is 0.251 e. The van der Waals surface area contributed by atoms with E-state index in [2.05, 4.69) is 0 Å². The maximum atomic E-state index is 12.2. The van der Waals surface area contributed by atoms with E-state index < -0.39 is 11.5 Å². The fourth-order valence-electron chi connectivity index (χ4n) is 2.64. The van der Waals surface area contributed by atoms with E-state index in [0.717, 1.165) is 25.7 Å². The van der Waals surface area contributed by atoms with Crippen molar-refractivity contribution in [1.82, 2.24) is 4.90 Å². The van der Waals surface area contributed by atoms with E-state index in [9.17, 15) is 9.59 Å². The van der Waals surface area contributed by atoms with Gasteiger partial charge in [0.05, 0.1) is 13.2 Å². The molecule has 2 N–H and O–H groups in total. The molecule has 0 aromatic carbocycles. The number of hydrogen-bond acceptors (Lipinski definition) is 3. The van der Waals surface area contributed by atoms with E-state index in [0.29, 0.717) is 13.2 Å². The van der Waals surface area contributed by atoms with Crippen LogP contribution in [0.1, 0.15) is 32.6 Å². The molecule has 1 saturated carbocycles. The van der Waals surface area contributed by atoms with E-state index in [1.807, 2.05) is 0 Å². The van der Waals surface area contributed by atoms with Crippen molar-refractivity contribution >= 4 is 11.8 Å². The zero-order valence-electron chi connectivity index (χ0n) is 10.3. The molecule has 2 amide bonds. The lowest BCUT2D eigenvalue weighted by Gasteiger charge is -2.39. The van der Waals surface area contributed by atoms with Crippen molar-refractivity contribution in [2.24, 2.45) is 11.7 Å². The van der Waals surface area contributed by atoms with Gasteiger partial charge in [-0.2, -0.15) is 0 Å². The second-order valence-corrected chi connectivity index (χ2v) is 5.18. The third kappa shape index (κ3) is 2.44. The highest BCUT2D eigenvalue weighted by Gasteiger charge is 2.40. The number of hydrogen-bond donors (Lipinski definition) is 1. The van der Waals surface area contributed by atoms with Crippen LogP contribution in [0.15, 0.2) is 0 Å². The lowest BCUT2D eigenvalue weighted by atomic mass is 10.0. The molecule has 2 aliphatic rings. The highest BCUT2D eigenvalue weighted by Crippen LogP contribution is 2.28. The minimum atomic E-state index is -1.02. The molecule has 0 aromatic heterocycles. The first-order valence-corrected chi connectivity index (χ1v) is 6.25. The van der Waals surface area contributed by atoms with Gasteiger partial charge in [0.25, 0.3) is 5.91 Å². The maximum absolute atomic E-state index is 12.2. The fraction of sp³-hybridized carbons (Fsp3) is 0.833. The summed E-state index contributed by atoms with van der Waals surface area (Å²) in [6.07, 6.45) is 4.22. The fourth-order valence-corrected chi connectivity index (χ4v) is 2.64. The molecule has 0 bridgehead atoms. The van der Waals surface area contributed by atoms with Crippen molar-refractivity contribution in [2.75, 3.05) is 19.7 Å². The minimum Gasteiger partial charge on any atom is -0.367 e. The minimum absolute atomic E-state index is 0.144. The zero-order chi connectivity index (χ0) is 12.5. The average molecular weight is 240 g/mol. The summed E-state index contributed by atoms with van der Waals surface area (Å²) in [4.78, 5) is 25.3. The predicted molar refractivity (Wildman–Crippen MR) is 62.1 cm³/mol. The second kappa shape index (κ2) is 4.64. The van der Waals surface area contributed by atoms with Crippen molar-refractivity contribution in [3.05, 3.63) is 0 Å². The van der Waals surface area contributed by atoms with Crippen LogP contribution in [0.25, 0.3) is 0 Å². The molecule has 5 nitrogen and oxygen atoms in total. The molecule has 17 heavy (non-hydrogen) atoms. The molecule has 2 fully saturated rings. The number of morpholine rings is 1. The van der Waals surface area contributed by atoms with E-state index in [1.54, 1.807) is 11.8 Å². The van der Waals surface area contributed by atoms with Gasteiger partial charge in [0, 0.05) is 12.5 Å². The normalized spacial score (nSPS) is 30.5. The lowest BCUT2D eigenvalue weighted by Crippen LogP contribution is -2.59. The topological polar surface area (TPSA) is 72.6 Å². The SMILES string of the molecule is CC1(C(N)=O)CN(C(=O)C2CCCC2)CCO1. The van der Waals surface area contributed by atoms with Crippen LogP contribution in [-0.4, -0.2) is 42.0 Å². The summed E-state index contributed by atoms with van der Waals surface area (Å²) in [5.74, 6) is -0.190. The smallest absolute Gasteiger partial charge is 0.251 e. The Balaban J connectivity index is 2.01. The standard InChI is InChI=1S/C12H20N2O3/c1-12(11(13)16)8-14(6-7-17-12)10(15)9-4-2-3-5-9/h9H,2-8H2,1H3,(H2,13,16). The highest BCUT2D eigenvalue weighted by molar-refractivity contribution is 5.85. The van der Waals surface area contributed by atoms with Crippen molar-refractivity contribution in [1.29, 1.82) is 0 Å². The van der Waals surface area contributed by atoms with Crippen LogP contribution in [0.5, 0.6) is 0 Å². The monoisotopic (exact) mass is 240 g/mol. The van der Waals surface area contributed by atoms with Gasteiger partial charge >= 0.3 is 0 Å². The summed E-state index contributed by atoms with van der Waals surface area (Å²) in [5, 5.41) is 0. The van der Waals surface area contributed by atoms with Crippen LogP contribution in [-0.2, 0) is 14.3 Å². The molecule has 1 unspecified atom stereocenters. The van der Waals surface area contributed by atoms with Gasteiger partial charge in [0.1, 0.15) is 0 Å². The van der Waals surface area contributed by atoms with Crippen molar-refractivity contribution in [3.63, 3.8) is 0 Å². The van der Waals surface area contributed by atoms with Crippen LogP contribution in [0.3, 0.4) is 0 Å². The van der Waals surface area contributed by atoms with Gasteiger partial charge in [-0.05, 0) is 19.8 Å². The van der Waals surface area contributed by atoms with E-state index in [-0.39, 0.29) is 18.4 Å². The number of primary amides is 1. The number of carbonyl (C=O) groups excluding carboxylic acids is 2. The Morgan fingerprint density at radius 2 is 2.00 bits per heavy atom. The van der Waals surface area contributed by atoms with Gasteiger partial charge in [-0.25, -0.2) is 0 Å². The van der Waals surface area contributed by atoms with Gasteiger partial charge in [0.15, 0.2) is 5.60 Å². The summed E-state index contributed by atoms with van der Waals surface area (Å²) >= 11 is 0. The number of ether oxygens (including phenoxy) is 1. The molecule has 1 atom stereocenters. The van der Waals surface area contributed by atoms with Crippen molar-refractivity contribution in [3.8, 4) is 0 Å². The molecule has 1 saturated heterocycles. The first-order valence-electron chi connectivity index (χ1n) is 6.25. The van der Waals surface area contributed by atoms with Crippen LogP contribution in [0, 0.1) is 5.92 Å². The van der Waals surface area contributed by atoms with Gasteiger partial charge in [0.2, 0.25) is 5.91 Å². The third-order valence-corrected chi connectivity index (χ3v) is 3.81. The predicted octanol–water partition coefficient (Wildman–Crippen LogP) is 0.279. The largest absolute Gasteiger partial charge is 0.367 e. The van der Waals surface area contributed by atoms with Gasteiger partial charge < -0.3 is 15.4 Å². The molecular formula is C12H20N2O3. The van der Waals surface area contributed by atoms with E-state index >= 15 is 0 Å². The van der Waals surface area contributed by atoms with Crippen LogP contribution in [0.4, 0.5) is 0 Å². The number of amides is 2. The Morgan fingerprint density at radius 1 is 1.35 bits per heavy atom. The molecule has 1 heterocycles. The van der Waals surface area contributed by atoms with Gasteiger partial charge in [-0.3, -0.25) is 9.59 Å². The van der Waals surface area contributed by atoms with Crippen LogP contribution in [0.2, 0.25) is 0 Å². The molecule has 2 rings (SSSR count). The van der Waals surface area contributed by atoms with Gasteiger partial charge in [-0.15, -0.1) is 0 Å². The Hall–Kier alpha value is -1.10. The lowest BCUT2D eigenvalue weighted by molar-refractivity contribution is -0.162. The molecule has 5 heteroatoms. The Labute approximate surface area is 101 Å². The van der Waals surface area contributed by atoms with Gasteiger partial charge in [-0.1, -0.05) is 12.8 Å². The molecule has 1 aliphatic heterocycles. The summed E-state index contributed by atoms with van der Waals surface area (Å²) in [6, 6.07) is 0. The van der Waals surface area contributed by atoms with Crippen LogP contribution < -0.4 is 5.73 Å². The molecule has 0 spiro atoms. The molecule has 96 valence electrons. The molecule has 0 aromatic rings. The van der Waals surface area contributed by atoms with Crippen molar-refractivity contribution in [2.45, 2.75) is 38.2 Å². The van der Waals surface area contributed by atoms with Crippen molar-refractivity contribution < 1.29 is 14.3 Å². The van der Waals surface area contributed by atoms with Crippen LogP contribution >= 0.6 is 0 Å². The summed E-state index contributed by atoms with van der Waals surface area (Å²) in [5.41, 5.74) is 4.29. The summed E-state index contributed by atoms with van der Waals surface area (Å²) < 4.78 is 5.40. The molecular weight excluding hydrogens is 220 g/mol. The third-order valence-electron chi connectivity index (χ3n) is 3.81. The second-order valence-electron chi connectivity index (χ2n) is 5.18. The molecule has 1 aliphatic carbocycles. The summed E-state index contributed by atoms with van der Waals surface area (Å²) in [7, 11) is 0. The number of nitrogens with two attached hydrogens (primary N) is 1. The number of carbonyl (C=O) groups is 2. The number of rotatable bonds is 2. The average Bonchev–Trinajstić information content (AvgIpc) is 2.81. The zero-order valence-corrected chi connectivity index (χ0v) is 10.3. The highest BCUT2D eigenvalue weighted by atomic mass is 16.5. The molecule has 0 radical (unpaired) electrons. The van der Waals surface area contributed by atoms with E-state index in [4.69, 9.17) is 10.5 Å². The quantitative estimate of drug-likeness (QED) is 0.753. The summed E-state index contributed by atoms with van der Waals surface area (Å²) in [6.45, 7) is 2.90. The number of nitrogens with zero attached hydrogens (tertiary/aromatic N) is 1. The Kier molecular flexibility index (Phi) is 3.38. The first kappa shape index (κ1) is 12.4. The van der Waals surface area contributed by atoms with E-state index in [1.165, 1.54) is 0 Å².